The van der Waals surface area contributed by atoms with Gasteiger partial charge in [0.15, 0.2) is 0 Å². The fourth-order valence-electron chi connectivity index (χ4n) is 4.18. The Morgan fingerprint density at radius 3 is 2.80 bits per heavy atom. The number of β-amino-alcohol motifs (C(OH)–C–C–N with tert-alkyl or cyclic N) is 1. The molecule has 3 rings (SSSR count). The van der Waals surface area contributed by atoms with Gasteiger partial charge in [-0.1, -0.05) is 43.7 Å². The van der Waals surface area contributed by atoms with Gasteiger partial charge in [0.2, 0.25) is 5.91 Å². The molecule has 0 aromatic heterocycles. The molecular formula is C20H31N3O2. The summed E-state index contributed by atoms with van der Waals surface area (Å²) in [6, 6.07) is 10.6. The van der Waals surface area contributed by atoms with Crippen molar-refractivity contribution in [2.75, 3.05) is 26.2 Å². The lowest BCUT2D eigenvalue weighted by Gasteiger charge is -2.34. The molecule has 0 spiro atoms. The molecule has 1 aromatic rings. The number of likely N-dealkylation sites (N-methyl/N-ethyl adjacent to an activating group) is 1. The van der Waals surface area contributed by atoms with Crippen LogP contribution in [0.2, 0.25) is 0 Å². The lowest BCUT2D eigenvalue weighted by Crippen LogP contribution is -2.51. The third-order valence-electron chi connectivity index (χ3n) is 5.57. The molecule has 2 saturated heterocycles. The van der Waals surface area contributed by atoms with E-state index in [1.807, 2.05) is 18.2 Å². The van der Waals surface area contributed by atoms with Crippen LogP contribution in [-0.4, -0.2) is 65.2 Å². The summed E-state index contributed by atoms with van der Waals surface area (Å²) in [5, 5.41) is 13.2. The summed E-state index contributed by atoms with van der Waals surface area (Å²) in [4.78, 5) is 17.2. The lowest BCUT2D eigenvalue weighted by atomic mass is 10.0. The van der Waals surface area contributed by atoms with Gasteiger partial charge in [-0.25, -0.2) is 0 Å². The topological polar surface area (TPSA) is 55.8 Å². The summed E-state index contributed by atoms with van der Waals surface area (Å²) in [5.74, 6) is 0.155. The van der Waals surface area contributed by atoms with Gasteiger partial charge in [0.05, 0.1) is 12.1 Å². The number of likely N-dealkylation sites (tertiary alicyclic amines) is 2. The van der Waals surface area contributed by atoms with Crippen LogP contribution in [0.1, 0.15) is 38.2 Å². The van der Waals surface area contributed by atoms with Crippen LogP contribution in [0.4, 0.5) is 0 Å². The molecule has 0 saturated carbocycles. The van der Waals surface area contributed by atoms with Crippen LogP contribution in [-0.2, 0) is 11.3 Å². The van der Waals surface area contributed by atoms with Crippen molar-refractivity contribution in [2.24, 2.45) is 0 Å². The number of hydrogen-bond donors (Lipinski definition) is 2. The number of piperidine rings is 1. The third kappa shape index (κ3) is 4.81. The van der Waals surface area contributed by atoms with Crippen LogP contribution in [0.25, 0.3) is 0 Å². The number of amides is 1. The minimum atomic E-state index is -0.299. The molecule has 1 aromatic carbocycles. The molecule has 2 fully saturated rings. The fourth-order valence-corrected chi connectivity index (χ4v) is 4.18. The Bertz CT molecular complexity index is 551. The Balaban J connectivity index is 1.54. The van der Waals surface area contributed by atoms with Gasteiger partial charge in [0, 0.05) is 25.7 Å². The summed E-state index contributed by atoms with van der Waals surface area (Å²) < 4.78 is 0. The van der Waals surface area contributed by atoms with E-state index in [1.54, 1.807) is 0 Å². The van der Waals surface area contributed by atoms with Crippen molar-refractivity contribution in [3.8, 4) is 0 Å². The molecule has 2 heterocycles. The molecule has 3 unspecified atom stereocenters. The number of rotatable bonds is 6. The number of carbonyl (C=O) groups is 1. The molecule has 5 nitrogen and oxygen atoms in total. The SMILES string of the molecule is CCN1CCCCC1C(=O)NCC1CC(O)CN1Cc1ccccc1. The predicted molar refractivity (Wildman–Crippen MR) is 99.2 cm³/mol. The smallest absolute Gasteiger partial charge is 0.237 e. The Kier molecular flexibility index (Phi) is 6.45. The number of nitrogens with zero attached hydrogens (tertiary/aromatic N) is 2. The minimum absolute atomic E-state index is 0.0210. The van der Waals surface area contributed by atoms with E-state index in [9.17, 15) is 9.90 Å². The number of benzene rings is 1. The highest BCUT2D eigenvalue weighted by molar-refractivity contribution is 5.81. The number of hydrogen-bond acceptors (Lipinski definition) is 4. The van der Waals surface area contributed by atoms with Crippen molar-refractivity contribution >= 4 is 5.91 Å². The maximum atomic E-state index is 12.6. The first-order chi connectivity index (χ1) is 12.2. The number of aliphatic hydroxyl groups is 1. The fraction of sp³-hybridized carbons (Fsp3) is 0.650. The second kappa shape index (κ2) is 8.79. The zero-order valence-corrected chi connectivity index (χ0v) is 15.2. The maximum Gasteiger partial charge on any atom is 0.237 e. The first kappa shape index (κ1) is 18.4. The van der Waals surface area contributed by atoms with Crippen molar-refractivity contribution in [1.29, 1.82) is 0 Å². The van der Waals surface area contributed by atoms with Crippen LogP contribution in [0.5, 0.6) is 0 Å². The van der Waals surface area contributed by atoms with Gasteiger partial charge < -0.3 is 10.4 Å². The second-order valence-corrected chi connectivity index (χ2v) is 7.34. The highest BCUT2D eigenvalue weighted by Gasteiger charge is 2.32. The van der Waals surface area contributed by atoms with Crippen molar-refractivity contribution in [1.82, 2.24) is 15.1 Å². The van der Waals surface area contributed by atoms with Gasteiger partial charge in [-0.05, 0) is 37.9 Å². The first-order valence-corrected chi connectivity index (χ1v) is 9.65. The van der Waals surface area contributed by atoms with Crippen molar-refractivity contribution in [2.45, 2.75) is 57.3 Å². The highest BCUT2D eigenvalue weighted by Crippen LogP contribution is 2.21. The molecule has 5 heteroatoms. The van der Waals surface area contributed by atoms with Gasteiger partial charge in [-0.2, -0.15) is 0 Å². The lowest BCUT2D eigenvalue weighted by molar-refractivity contribution is -0.127. The van der Waals surface area contributed by atoms with Crippen LogP contribution < -0.4 is 5.32 Å². The first-order valence-electron chi connectivity index (χ1n) is 9.65. The molecule has 0 radical (unpaired) electrons. The number of nitrogens with one attached hydrogen (secondary N) is 1. The molecule has 138 valence electrons. The zero-order chi connectivity index (χ0) is 17.6. The molecule has 2 aliphatic rings. The molecule has 0 bridgehead atoms. The molecular weight excluding hydrogens is 314 g/mol. The number of carbonyl (C=O) groups excluding carboxylic acids is 1. The molecule has 0 aliphatic carbocycles. The highest BCUT2D eigenvalue weighted by atomic mass is 16.3. The van der Waals surface area contributed by atoms with Crippen LogP contribution in [0.3, 0.4) is 0 Å². The maximum absolute atomic E-state index is 12.6. The Morgan fingerprint density at radius 1 is 1.24 bits per heavy atom. The molecule has 2 N–H and O–H groups in total. The predicted octanol–water partition coefficient (Wildman–Crippen LogP) is 1.61. The van der Waals surface area contributed by atoms with Crippen molar-refractivity contribution < 1.29 is 9.90 Å². The Morgan fingerprint density at radius 2 is 2.04 bits per heavy atom. The van der Waals surface area contributed by atoms with Gasteiger partial charge in [-0.3, -0.25) is 14.6 Å². The van der Waals surface area contributed by atoms with E-state index in [4.69, 9.17) is 0 Å². The van der Waals surface area contributed by atoms with Gasteiger partial charge in [0.25, 0.3) is 0 Å². The standard InChI is InChI=1S/C20H31N3O2/c1-2-22-11-7-6-10-19(22)20(25)21-13-17-12-18(24)15-23(17)14-16-8-4-3-5-9-16/h3-5,8-9,17-19,24H,2,6-7,10-15H2,1H3,(H,21,25). The van der Waals surface area contributed by atoms with E-state index in [0.717, 1.165) is 38.9 Å². The summed E-state index contributed by atoms with van der Waals surface area (Å²) in [7, 11) is 0. The van der Waals surface area contributed by atoms with Gasteiger partial charge in [0.1, 0.15) is 0 Å². The van der Waals surface area contributed by atoms with E-state index in [1.165, 1.54) is 12.0 Å². The van der Waals surface area contributed by atoms with E-state index in [-0.39, 0.29) is 24.1 Å². The minimum Gasteiger partial charge on any atom is -0.392 e. The van der Waals surface area contributed by atoms with E-state index in [0.29, 0.717) is 13.1 Å². The van der Waals surface area contributed by atoms with Gasteiger partial charge in [-0.15, -0.1) is 0 Å². The van der Waals surface area contributed by atoms with Crippen molar-refractivity contribution in [3.05, 3.63) is 35.9 Å². The zero-order valence-electron chi connectivity index (χ0n) is 15.2. The van der Waals surface area contributed by atoms with Crippen LogP contribution >= 0.6 is 0 Å². The summed E-state index contributed by atoms with van der Waals surface area (Å²) >= 11 is 0. The van der Waals surface area contributed by atoms with E-state index < -0.39 is 0 Å². The summed E-state index contributed by atoms with van der Waals surface area (Å²) in [5.41, 5.74) is 1.25. The van der Waals surface area contributed by atoms with Crippen LogP contribution in [0.15, 0.2) is 30.3 Å². The average molecular weight is 345 g/mol. The van der Waals surface area contributed by atoms with Crippen LogP contribution in [0, 0.1) is 0 Å². The van der Waals surface area contributed by atoms with E-state index in [2.05, 4.69) is 34.2 Å². The van der Waals surface area contributed by atoms with E-state index >= 15 is 0 Å². The summed E-state index contributed by atoms with van der Waals surface area (Å²) in [6.07, 6.45) is 3.72. The summed E-state index contributed by atoms with van der Waals surface area (Å²) in [6.45, 7) is 6.21. The Hall–Kier alpha value is -1.43. The monoisotopic (exact) mass is 345 g/mol. The molecule has 25 heavy (non-hydrogen) atoms. The Labute approximate surface area is 151 Å². The molecule has 3 atom stereocenters. The normalized spacial score (nSPS) is 28.2. The second-order valence-electron chi connectivity index (χ2n) is 7.34. The third-order valence-corrected chi connectivity index (χ3v) is 5.57. The molecule has 1 amide bonds. The number of aliphatic hydroxyl groups excluding tert-OH is 1. The van der Waals surface area contributed by atoms with Crippen molar-refractivity contribution in [3.63, 3.8) is 0 Å². The largest absolute Gasteiger partial charge is 0.392 e. The average Bonchev–Trinajstić information content (AvgIpc) is 2.99. The van der Waals surface area contributed by atoms with Gasteiger partial charge >= 0.3 is 0 Å². The molecule has 2 aliphatic heterocycles. The quantitative estimate of drug-likeness (QED) is 0.823.